The van der Waals surface area contributed by atoms with Crippen LogP contribution >= 0.6 is 0 Å². The van der Waals surface area contributed by atoms with Crippen LogP contribution in [0.3, 0.4) is 0 Å². The molecule has 0 saturated heterocycles. The van der Waals surface area contributed by atoms with Crippen molar-refractivity contribution < 1.29 is 19.8 Å². The second-order valence-corrected chi connectivity index (χ2v) is 2.65. The maximum atomic E-state index is 11.2. The number of carbonyl (C=O) groups excluding carboxylic acids is 2. The number of nitriles is 1. The summed E-state index contributed by atoms with van der Waals surface area (Å²) < 4.78 is 0. The summed E-state index contributed by atoms with van der Waals surface area (Å²) in [6.45, 7) is 2.65. The molecule has 1 N–H and O–H groups in total. The highest BCUT2D eigenvalue weighted by Crippen LogP contribution is 2.10. The zero-order valence-electron chi connectivity index (χ0n) is 7.90. The first kappa shape index (κ1) is 12.3. The van der Waals surface area contributed by atoms with E-state index in [9.17, 15) is 14.7 Å². The van der Waals surface area contributed by atoms with Crippen molar-refractivity contribution >= 4 is 11.8 Å². The molecule has 0 heterocycles. The minimum atomic E-state index is -1.56. The molecule has 0 aliphatic heterocycles. The lowest BCUT2D eigenvalue weighted by Gasteiger charge is -2.09. The largest absolute Gasteiger partial charge is 0.545 e. The number of rotatable bonds is 4. The second-order valence-electron chi connectivity index (χ2n) is 2.65. The summed E-state index contributed by atoms with van der Waals surface area (Å²) in [5.41, 5.74) is -0.916. The molecule has 5 heteroatoms. The van der Waals surface area contributed by atoms with Crippen LogP contribution in [0.5, 0.6) is 0 Å². The van der Waals surface area contributed by atoms with E-state index in [1.807, 2.05) is 0 Å². The Morgan fingerprint density at radius 2 is 2.07 bits per heavy atom. The first-order chi connectivity index (χ1) is 6.45. The molecule has 0 radical (unpaired) electrons. The molecule has 0 aliphatic rings. The van der Waals surface area contributed by atoms with Gasteiger partial charge in [0.2, 0.25) is 5.78 Å². The maximum Gasteiger partial charge on any atom is 0.201 e. The first-order valence-corrected chi connectivity index (χ1v) is 4.02. The monoisotopic (exact) mass is 196 g/mol. The van der Waals surface area contributed by atoms with Gasteiger partial charge in [0.05, 0.1) is 5.97 Å². The highest BCUT2D eigenvalue weighted by Gasteiger charge is 2.19. The van der Waals surface area contributed by atoms with Gasteiger partial charge in [0.25, 0.3) is 0 Å². The molecule has 0 aromatic rings. The van der Waals surface area contributed by atoms with Crippen LogP contribution in [0, 0.1) is 11.3 Å². The first-order valence-electron chi connectivity index (χ1n) is 4.02. The summed E-state index contributed by atoms with van der Waals surface area (Å²) in [5.74, 6) is -2.45. The van der Waals surface area contributed by atoms with Gasteiger partial charge in [-0.1, -0.05) is 6.92 Å². The Morgan fingerprint density at radius 3 is 2.29 bits per heavy atom. The van der Waals surface area contributed by atoms with Crippen molar-refractivity contribution in [2.45, 2.75) is 26.4 Å². The Balaban J connectivity index is 5.33. The van der Waals surface area contributed by atoms with E-state index in [1.165, 1.54) is 19.9 Å². The normalized spacial score (nSPS) is 13.9. The summed E-state index contributed by atoms with van der Waals surface area (Å²) in [5, 5.41) is 28.0. The topological polar surface area (TPSA) is 101 Å². The number of hydrogen-bond acceptors (Lipinski definition) is 5. The molecule has 0 amide bonds. The number of Topliss-reactive ketones (excluding diaryl/α,β-unsaturated/α-hetero) is 1. The highest BCUT2D eigenvalue weighted by atomic mass is 16.4. The summed E-state index contributed by atoms with van der Waals surface area (Å²) >= 11 is 0. The molecular weight excluding hydrogens is 186 g/mol. The smallest absolute Gasteiger partial charge is 0.201 e. The number of hydrogen-bond donors (Lipinski definition) is 1. The third-order valence-electron chi connectivity index (χ3n) is 1.64. The molecule has 5 nitrogen and oxygen atoms in total. The van der Waals surface area contributed by atoms with Gasteiger partial charge in [-0.25, -0.2) is 0 Å². The van der Waals surface area contributed by atoms with Crippen LogP contribution in [0.25, 0.3) is 0 Å². The molecule has 0 saturated carbocycles. The lowest BCUT2D eigenvalue weighted by atomic mass is 10.0. The number of aliphatic hydroxyl groups is 1. The Labute approximate surface area is 81.3 Å². The number of nitrogens with zero attached hydrogens (tertiary/aromatic N) is 1. The van der Waals surface area contributed by atoms with Gasteiger partial charge in [-0.05, 0) is 18.9 Å². The number of carboxylic acid groups (broad SMARTS) is 1. The van der Waals surface area contributed by atoms with Crippen LogP contribution < -0.4 is 5.11 Å². The third kappa shape index (κ3) is 2.68. The quantitative estimate of drug-likeness (QED) is 0.455. The average Bonchev–Trinajstić information content (AvgIpc) is 2.11. The van der Waals surface area contributed by atoms with Gasteiger partial charge in [0.1, 0.15) is 17.7 Å². The minimum absolute atomic E-state index is 0.00366. The van der Waals surface area contributed by atoms with Crippen molar-refractivity contribution in [3.8, 4) is 6.07 Å². The Hall–Kier alpha value is -1.67. The van der Waals surface area contributed by atoms with E-state index >= 15 is 0 Å². The molecule has 0 aliphatic carbocycles. The maximum absolute atomic E-state index is 11.2. The summed E-state index contributed by atoms with van der Waals surface area (Å²) in [7, 11) is 0. The van der Waals surface area contributed by atoms with E-state index in [2.05, 4.69) is 0 Å². The van der Waals surface area contributed by atoms with Crippen LogP contribution in [0.2, 0.25) is 0 Å². The summed E-state index contributed by atoms with van der Waals surface area (Å²) in [4.78, 5) is 21.7. The minimum Gasteiger partial charge on any atom is -0.545 e. The van der Waals surface area contributed by atoms with Gasteiger partial charge in [-0.3, -0.25) is 4.79 Å². The van der Waals surface area contributed by atoms with Gasteiger partial charge >= 0.3 is 0 Å². The lowest BCUT2D eigenvalue weighted by molar-refractivity contribution is -0.299. The van der Waals surface area contributed by atoms with Crippen molar-refractivity contribution in [2.24, 2.45) is 0 Å². The van der Waals surface area contributed by atoms with Crippen molar-refractivity contribution in [3.63, 3.8) is 0 Å². The molecule has 1 atom stereocenters. The van der Waals surface area contributed by atoms with Crippen LogP contribution in [-0.2, 0) is 9.59 Å². The standard InChI is InChI=1S/C9H11NO4/c1-3-6(9(13)14)7(4-10)8(12)5(2)11/h5,11H,3H2,1-2H3,(H,13,14)/p-1/b7-6-. The average molecular weight is 196 g/mol. The number of ketones is 1. The fourth-order valence-electron chi connectivity index (χ4n) is 0.903. The molecule has 1 unspecified atom stereocenters. The van der Waals surface area contributed by atoms with Crippen molar-refractivity contribution in [3.05, 3.63) is 11.1 Å². The third-order valence-corrected chi connectivity index (χ3v) is 1.64. The fourth-order valence-corrected chi connectivity index (χ4v) is 0.903. The second kappa shape index (κ2) is 5.14. The number of aliphatic hydroxyl groups excluding tert-OH is 1. The van der Waals surface area contributed by atoms with E-state index in [-0.39, 0.29) is 12.0 Å². The van der Waals surface area contributed by atoms with Gasteiger partial charge < -0.3 is 15.0 Å². The molecular formula is C9H10NO4-. The van der Waals surface area contributed by atoms with E-state index in [4.69, 9.17) is 10.4 Å². The molecule has 0 aromatic carbocycles. The van der Waals surface area contributed by atoms with Gasteiger partial charge in [0.15, 0.2) is 0 Å². The van der Waals surface area contributed by atoms with E-state index < -0.39 is 23.4 Å². The summed E-state index contributed by atoms with van der Waals surface area (Å²) in [6, 6.07) is 1.46. The van der Waals surface area contributed by atoms with Crippen LogP contribution in [-0.4, -0.2) is 23.0 Å². The molecule has 0 bridgehead atoms. The van der Waals surface area contributed by atoms with Crippen LogP contribution in [0.15, 0.2) is 11.1 Å². The lowest BCUT2D eigenvalue weighted by Crippen LogP contribution is -2.28. The molecule has 0 fully saturated rings. The Morgan fingerprint density at radius 1 is 1.57 bits per heavy atom. The zero-order chi connectivity index (χ0) is 11.3. The van der Waals surface area contributed by atoms with Crippen LogP contribution in [0.1, 0.15) is 20.3 Å². The van der Waals surface area contributed by atoms with Crippen molar-refractivity contribution in [1.29, 1.82) is 5.26 Å². The highest BCUT2D eigenvalue weighted by molar-refractivity contribution is 6.07. The Kier molecular flexibility index (Phi) is 4.53. The predicted octanol–water partition coefficient (Wildman–Crippen LogP) is -1.08. The molecule has 76 valence electrons. The van der Waals surface area contributed by atoms with Gasteiger partial charge in [-0.15, -0.1) is 0 Å². The molecule has 0 spiro atoms. The van der Waals surface area contributed by atoms with Gasteiger partial charge in [-0.2, -0.15) is 5.26 Å². The number of carbonyl (C=O) groups is 2. The molecule has 14 heavy (non-hydrogen) atoms. The van der Waals surface area contributed by atoms with Gasteiger partial charge in [0, 0.05) is 0 Å². The van der Waals surface area contributed by atoms with Crippen molar-refractivity contribution in [1.82, 2.24) is 0 Å². The Bertz CT molecular complexity index is 322. The van der Waals surface area contributed by atoms with Crippen LogP contribution in [0.4, 0.5) is 0 Å². The predicted molar refractivity (Wildman–Crippen MR) is 44.6 cm³/mol. The van der Waals surface area contributed by atoms with E-state index in [0.717, 1.165) is 0 Å². The zero-order valence-corrected chi connectivity index (χ0v) is 7.90. The number of carboxylic acids is 1. The SMILES string of the molecule is CC/C(C(=O)[O-])=C(\C#N)C(=O)C(C)O. The van der Waals surface area contributed by atoms with Crippen molar-refractivity contribution in [2.75, 3.05) is 0 Å². The fraction of sp³-hybridized carbons (Fsp3) is 0.444. The van der Waals surface area contributed by atoms with E-state index in [0.29, 0.717) is 0 Å². The number of aliphatic carboxylic acids is 1. The molecule has 0 aromatic heterocycles. The molecule has 0 rings (SSSR count). The summed E-state index contributed by atoms with van der Waals surface area (Å²) in [6.07, 6.45) is -1.38. The van der Waals surface area contributed by atoms with E-state index in [1.54, 1.807) is 0 Å².